The van der Waals surface area contributed by atoms with E-state index >= 15 is 0 Å². The van der Waals surface area contributed by atoms with Gasteiger partial charge in [0.25, 0.3) is 70.8 Å². The summed E-state index contributed by atoms with van der Waals surface area (Å²) >= 11 is 0.539. The van der Waals surface area contributed by atoms with Crippen LogP contribution in [0.5, 0.6) is 23.0 Å². The second-order valence-corrected chi connectivity index (χ2v) is 31.5. The van der Waals surface area contributed by atoms with E-state index in [2.05, 4.69) is 51.5 Å². The molecule has 10 N–H and O–H groups in total. The average molecular weight is 1530 g/mol. The third-order valence-electron chi connectivity index (χ3n) is 12.8. The fraction of sp³-hybridized carbons (Fsp3) is 0.302. The van der Waals surface area contributed by atoms with E-state index < -0.39 is 125 Å². The van der Waals surface area contributed by atoms with Crippen molar-refractivity contribution < 1.29 is 119 Å². The highest BCUT2D eigenvalue weighted by atomic mass is 32.2. The lowest BCUT2D eigenvalue weighted by molar-refractivity contribution is 0.261. The number of benzene rings is 6. The van der Waals surface area contributed by atoms with Crippen LogP contribution < -0.4 is 29.6 Å². The molecule has 0 unspecified atom stereocenters. The van der Waals surface area contributed by atoms with Gasteiger partial charge in [0.15, 0.2) is 0 Å². The second kappa shape index (κ2) is 33.2. The maximum Gasteiger partial charge on any atom is 0.323 e. The van der Waals surface area contributed by atoms with Gasteiger partial charge in [0.1, 0.15) is 55.5 Å². The SMILES string of the molecule is Cc1cc(NC(=O)Nc2cc(C)c(N=Nc3cc(C)c(N=Nc4ccc(S(=O)(=O)O)cc4S(=O)(=O)O)cc3OCCCS(=O)(=O)O)cc2OCCCS(=O)(=O)O)c(OCCCSO)cc1N=Nc1cc(C)c(N=Nc2ccc(S(=O)(=O)O)cc2S(=O)(=O)O)cc1OCCCS(=O)(=O)O. The summed E-state index contributed by atoms with van der Waals surface area (Å²) in [4.78, 5) is 10.2. The van der Waals surface area contributed by atoms with Gasteiger partial charge < -0.3 is 34.1 Å². The Kier molecular flexibility index (Phi) is 26.7. The Balaban J connectivity index is 1.34. The summed E-state index contributed by atoms with van der Waals surface area (Å²) in [7, 11) is -33.5. The van der Waals surface area contributed by atoms with E-state index in [1.807, 2.05) is 0 Å². The van der Waals surface area contributed by atoms with Crippen LogP contribution in [0.4, 0.5) is 61.7 Å². The van der Waals surface area contributed by atoms with Crippen LogP contribution in [0.2, 0.25) is 0 Å². The van der Waals surface area contributed by atoms with Crippen molar-refractivity contribution in [1.82, 2.24) is 0 Å². The van der Waals surface area contributed by atoms with Gasteiger partial charge in [-0.25, -0.2) is 4.79 Å². The number of carbonyl (C=O) groups is 1. The fourth-order valence-corrected chi connectivity index (χ4v) is 12.3. The van der Waals surface area contributed by atoms with Crippen molar-refractivity contribution in [3.8, 4) is 23.0 Å². The van der Waals surface area contributed by atoms with Gasteiger partial charge in [0.2, 0.25) is 0 Å². The van der Waals surface area contributed by atoms with Gasteiger partial charge >= 0.3 is 6.03 Å². The minimum atomic E-state index is -5.16. The molecule has 2 amide bonds. The van der Waals surface area contributed by atoms with Crippen molar-refractivity contribution in [2.45, 2.75) is 73.0 Å². The molecule has 6 rings (SSSR count). The molecule has 0 spiro atoms. The lowest BCUT2D eigenvalue weighted by Crippen LogP contribution is -2.21. The van der Waals surface area contributed by atoms with Crippen LogP contribution in [-0.4, -0.2) is 151 Å². The summed E-state index contributed by atoms with van der Waals surface area (Å²) in [5.74, 6) is -2.32. The molecule has 0 heterocycles. The first kappa shape index (κ1) is 78.9. The van der Waals surface area contributed by atoms with E-state index in [0.29, 0.717) is 41.7 Å². The van der Waals surface area contributed by atoms with Crippen LogP contribution in [-0.2, 0) is 70.8 Å². The summed E-state index contributed by atoms with van der Waals surface area (Å²) in [5.41, 5.74) is 0.0955. The molecule has 0 bridgehead atoms. The van der Waals surface area contributed by atoms with Crippen molar-refractivity contribution >= 4 is 146 Å². The summed E-state index contributed by atoms with van der Waals surface area (Å²) in [5, 5.41) is 38.5. The number of rotatable bonds is 34. The van der Waals surface area contributed by atoms with Gasteiger partial charge in [0.05, 0.1) is 87.6 Å². The summed E-state index contributed by atoms with van der Waals surface area (Å²) in [6, 6.07) is 14.0. The molecular formula is C53H60N10O27S8. The molecule has 0 aliphatic rings. The van der Waals surface area contributed by atoms with Gasteiger partial charge in [-0.3, -0.25) is 31.9 Å². The van der Waals surface area contributed by atoms with E-state index in [-0.39, 0.29) is 131 Å². The molecule has 0 aliphatic heterocycles. The van der Waals surface area contributed by atoms with Gasteiger partial charge in [0, 0.05) is 30.0 Å². The molecule has 6 aromatic rings. The average Bonchev–Trinajstić information content (AvgIpc) is 0.813. The predicted molar refractivity (Wildman–Crippen MR) is 351 cm³/mol. The highest BCUT2D eigenvalue weighted by molar-refractivity contribution is 7.93. The summed E-state index contributed by atoms with van der Waals surface area (Å²) < 4.78 is 265. The summed E-state index contributed by atoms with van der Waals surface area (Å²) in [6.45, 7) is 5.03. The first-order valence-corrected chi connectivity index (χ1v) is 39.2. The van der Waals surface area contributed by atoms with E-state index in [1.54, 1.807) is 13.8 Å². The minimum Gasteiger partial charge on any atom is -0.491 e. The Morgan fingerprint density at radius 3 is 0.959 bits per heavy atom. The van der Waals surface area contributed by atoms with Crippen molar-refractivity contribution in [3.63, 3.8) is 0 Å². The van der Waals surface area contributed by atoms with E-state index in [1.165, 1.54) is 62.4 Å². The van der Waals surface area contributed by atoms with Crippen molar-refractivity contribution in [1.29, 1.82) is 0 Å². The first-order valence-electron chi connectivity index (χ1n) is 27.6. The molecule has 0 saturated carbocycles. The second-order valence-electron chi connectivity index (χ2n) is 20.5. The van der Waals surface area contributed by atoms with Crippen LogP contribution in [0, 0.1) is 27.7 Å². The molecule has 98 heavy (non-hydrogen) atoms. The predicted octanol–water partition coefficient (Wildman–Crippen LogP) is 11.2. The van der Waals surface area contributed by atoms with Crippen molar-refractivity contribution in [2.75, 3.05) is 60.1 Å². The van der Waals surface area contributed by atoms with Crippen LogP contribution >= 0.6 is 12.0 Å². The topological polar surface area (TPSA) is 578 Å². The molecule has 0 aromatic heterocycles. The van der Waals surface area contributed by atoms with Crippen LogP contribution in [0.25, 0.3) is 0 Å². The number of amides is 2. The Labute approximate surface area is 565 Å². The zero-order valence-electron chi connectivity index (χ0n) is 51.2. The number of hydrogen-bond acceptors (Lipinski definition) is 29. The zero-order chi connectivity index (χ0) is 72.8. The van der Waals surface area contributed by atoms with Gasteiger partial charge in [-0.2, -0.15) is 79.4 Å². The lowest BCUT2D eigenvalue weighted by atomic mass is 10.1. The molecule has 45 heteroatoms. The lowest BCUT2D eigenvalue weighted by Gasteiger charge is -2.17. The van der Waals surface area contributed by atoms with Crippen LogP contribution in [0.15, 0.2) is 145 Å². The Morgan fingerprint density at radius 2 is 0.653 bits per heavy atom. The van der Waals surface area contributed by atoms with Crippen LogP contribution in [0.3, 0.4) is 0 Å². The maximum absolute atomic E-state index is 14.1. The van der Waals surface area contributed by atoms with E-state index in [4.69, 9.17) is 18.9 Å². The standard InChI is InChI=1S/C53H60N10O27S8/c1-31-21-43(47(87-13-5-17-91-65)27-39(31)60-62-45-23-33(3)41(29-49(45)89-15-7-19-93(69,70)71)58-56-37-11-9-35(95(75,76)77)25-51(37)97(81,82)83)54-53(64)55-44-22-32(2)40(28-48(44)88-14-6-18-92(66,67)68)61-63-46-24-34(4)42(30-50(46)90-16-8-20-94(72,73)74)59-57-38-12-10-36(96(78,79)80)26-52(38)98(84,85)86/h9-12,21-30,65H,5-8,13-20H2,1-4H3,(H2,54,55,64)(H,66,67,68)(H,69,70,71)(H,72,73,74)(H,75,76,77)(H,78,79,80)(H,81,82,83)(H,84,85,86). The Bertz CT molecular complexity index is 4980. The molecule has 0 aliphatic carbocycles. The van der Waals surface area contributed by atoms with Gasteiger partial charge in [-0.1, -0.05) is 0 Å². The number of urea groups is 1. The number of azo groups is 4. The number of anilines is 2. The Hall–Kier alpha value is -8.13. The largest absolute Gasteiger partial charge is 0.491 e. The third-order valence-corrected chi connectivity index (χ3v) is 19.1. The summed E-state index contributed by atoms with van der Waals surface area (Å²) in [6.07, 6.45) is -0.453. The fourth-order valence-electron chi connectivity index (χ4n) is 8.10. The van der Waals surface area contributed by atoms with Crippen LogP contribution in [0.1, 0.15) is 47.9 Å². The molecule has 0 saturated heterocycles. The third kappa shape index (κ3) is 24.7. The Morgan fingerprint density at radius 1 is 0.367 bits per heavy atom. The van der Waals surface area contributed by atoms with E-state index in [0.717, 1.165) is 24.3 Å². The maximum atomic E-state index is 14.1. The molecule has 6 aromatic carbocycles. The monoisotopic (exact) mass is 1520 g/mol. The highest BCUT2D eigenvalue weighted by Gasteiger charge is 2.24. The molecule has 37 nitrogen and oxygen atoms in total. The van der Waals surface area contributed by atoms with Gasteiger partial charge in [-0.05, 0) is 148 Å². The quantitative estimate of drug-likeness (QED) is 0.00776. The zero-order valence-corrected chi connectivity index (χ0v) is 57.8. The number of carbonyl (C=O) groups excluding carboxylic acids is 1. The molecule has 532 valence electrons. The molecule has 0 fully saturated rings. The number of hydrogen-bond donors (Lipinski definition) is 10. The normalized spacial score (nSPS) is 12.9. The minimum absolute atomic E-state index is 0.00578. The number of nitrogens with one attached hydrogen (secondary N) is 2. The van der Waals surface area contributed by atoms with Crippen molar-refractivity contribution in [3.05, 3.63) is 107 Å². The molecule has 0 radical (unpaired) electrons. The number of nitrogens with zero attached hydrogens (tertiary/aromatic N) is 8. The molecule has 0 atom stereocenters. The smallest absolute Gasteiger partial charge is 0.323 e. The highest BCUT2D eigenvalue weighted by Crippen LogP contribution is 2.43. The number of aryl methyl sites for hydroxylation is 4. The van der Waals surface area contributed by atoms with Crippen molar-refractivity contribution in [2.24, 2.45) is 40.9 Å². The first-order chi connectivity index (χ1) is 45.5. The van der Waals surface area contributed by atoms with Gasteiger partial charge in [-0.15, -0.1) is 20.5 Å². The van der Waals surface area contributed by atoms with E-state index in [9.17, 15) is 100 Å². The molecular weight excluding hydrogens is 1470 g/mol. The number of ether oxygens (including phenoxy) is 4.